The summed E-state index contributed by atoms with van der Waals surface area (Å²) in [5.74, 6) is -0.102. The highest BCUT2D eigenvalue weighted by Crippen LogP contribution is 2.25. The normalized spacial score (nSPS) is 11.8. The molecule has 0 unspecified atom stereocenters. The summed E-state index contributed by atoms with van der Waals surface area (Å²) in [4.78, 5) is 28.9. The minimum absolute atomic E-state index is 0.0970. The fourth-order valence-corrected chi connectivity index (χ4v) is 4.89. The molecule has 2 heterocycles. The van der Waals surface area contributed by atoms with Gasteiger partial charge in [-0.1, -0.05) is 24.3 Å². The van der Waals surface area contributed by atoms with Crippen molar-refractivity contribution in [1.29, 1.82) is 0 Å². The molecule has 0 aliphatic heterocycles. The van der Waals surface area contributed by atoms with Crippen molar-refractivity contribution in [3.05, 3.63) is 97.0 Å². The second-order valence-corrected chi connectivity index (χ2v) is 11.6. The first-order chi connectivity index (χ1) is 18.9. The average Bonchev–Trinajstić information content (AvgIpc) is 3.38. The first-order valence-electron chi connectivity index (χ1n) is 12.2. The molecule has 0 spiro atoms. The quantitative estimate of drug-likeness (QED) is 0.258. The van der Waals surface area contributed by atoms with Crippen molar-refractivity contribution in [2.45, 2.75) is 31.3 Å². The SMILES string of the molecule is CC(C)(C)OC(=O)Nc1ccccc1NC(=O)/C=C/c1ccn(S(=O)(=O)c2cccc(-c3ccc(N)nc3)c2)c1. The van der Waals surface area contributed by atoms with Crippen LogP contribution in [-0.2, 0) is 19.6 Å². The van der Waals surface area contributed by atoms with Crippen molar-refractivity contribution >= 4 is 45.3 Å². The summed E-state index contributed by atoms with van der Waals surface area (Å²) in [5.41, 5.74) is 7.62. The van der Waals surface area contributed by atoms with Gasteiger partial charge in [-0.25, -0.2) is 22.2 Å². The van der Waals surface area contributed by atoms with Gasteiger partial charge in [0.2, 0.25) is 5.91 Å². The Kier molecular flexibility index (Phi) is 8.05. The second kappa shape index (κ2) is 11.5. The number of nitrogens with two attached hydrogens (primary N) is 1. The Morgan fingerprint density at radius 2 is 1.68 bits per heavy atom. The van der Waals surface area contributed by atoms with Crippen LogP contribution in [0.25, 0.3) is 17.2 Å². The molecule has 0 radical (unpaired) electrons. The van der Waals surface area contributed by atoms with E-state index in [4.69, 9.17) is 10.5 Å². The average molecular weight is 560 g/mol. The number of para-hydroxylation sites is 2. The van der Waals surface area contributed by atoms with Crippen molar-refractivity contribution in [3.63, 3.8) is 0 Å². The van der Waals surface area contributed by atoms with Crippen LogP contribution in [0, 0.1) is 0 Å². The van der Waals surface area contributed by atoms with E-state index in [9.17, 15) is 18.0 Å². The Hall–Kier alpha value is -4.90. The fraction of sp³-hybridized carbons (Fsp3) is 0.138. The van der Waals surface area contributed by atoms with Gasteiger partial charge in [-0.15, -0.1) is 0 Å². The number of nitrogens with zero attached hydrogens (tertiary/aromatic N) is 2. The largest absolute Gasteiger partial charge is 0.444 e. The van der Waals surface area contributed by atoms with Crippen LogP contribution < -0.4 is 16.4 Å². The summed E-state index contributed by atoms with van der Waals surface area (Å²) in [7, 11) is -3.89. The molecule has 0 bridgehead atoms. The molecule has 0 aliphatic carbocycles. The number of benzene rings is 2. The number of carbonyl (C=O) groups is 2. The molecule has 4 aromatic rings. The summed E-state index contributed by atoms with van der Waals surface area (Å²) in [6.07, 6.45) is 6.51. The van der Waals surface area contributed by atoms with E-state index >= 15 is 0 Å². The monoisotopic (exact) mass is 559 g/mol. The molecule has 11 heteroatoms. The number of hydrogen-bond donors (Lipinski definition) is 3. The number of hydrogen-bond acceptors (Lipinski definition) is 7. The number of nitrogens with one attached hydrogen (secondary N) is 2. The number of aromatic nitrogens is 2. The number of anilines is 3. The summed E-state index contributed by atoms with van der Waals surface area (Å²) in [6, 6.07) is 18.2. The van der Waals surface area contributed by atoms with Crippen LogP contribution in [0.2, 0.25) is 0 Å². The fourth-order valence-electron chi connectivity index (χ4n) is 3.64. The lowest BCUT2D eigenvalue weighted by molar-refractivity contribution is -0.111. The van der Waals surface area contributed by atoms with Crippen molar-refractivity contribution in [3.8, 4) is 11.1 Å². The minimum atomic E-state index is -3.89. The third kappa shape index (κ3) is 7.14. The molecule has 2 amide bonds. The Morgan fingerprint density at radius 3 is 2.35 bits per heavy atom. The van der Waals surface area contributed by atoms with Crippen LogP contribution in [0.3, 0.4) is 0 Å². The molecule has 206 valence electrons. The molecule has 0 aliphatic rings. The topological polar surface area (TPSA) is 145 Å². The Balaban J connectivity index is 1.45. The van der Waals surface area contributed by atoms with Crippen LogP contribution in [0.15, 0.2) is 96.3 Å². The van der Waals surface area contributed by atoms with Gasteiger partial charge in [0.05, 0.1) is 16.3 Å². The molecule has 40 heavy (non-hydrogen) atoms. The maximum absolute atomic E-state index is 13.3. The Morgan fingerprint density at radius 1 is 0.950 bits per heavy atom. The van der Waals surface area contributed by atoms with Gasteiger partial charge in [-0.05, 0) is 80.4 Å². The van der Waals surface area contributed by atoms with Gasteiger partial charge in [0, 0.05) is 30.2 Å². The maximum Gasteiger partial charge on any atom is 0.412 e. The van der Waals surface area contributed by atoms with Crippen molar-refractivity contribution in [2.75, 3.05) is 16.4 Å². The molecule has 10 nitrogen and oxygen atoms in total. The first-order valence-corrected chi connectivity index (χ1v) is 13.7. The first kappa shape index (κ1) is 28.1. The highest BCUT2D eigenvalue weighted by molar-refractivity contribution is 7.90. The molecule has 2 aromatic heterocycles. The highest BCUT2D eigenvalue weighted by atomic mass is 32.2. The molecule has 4 N–H and O–H groups in total. The van der Waals surface area contributed by atoms with Crippen molar-refractivity contribution in [2.24, 2.45) is 0 Å². The van der Waals surface area contributed by atoms with Crippen molar-refractivity contribution in [1.82, 2.24) is 8.96 Å². The van der Waals surface area contributed by atoms with E-state index in [0.717, 1.165) is 9.54 Å². The zero-order valence-corrected chi connectivity index (χ0v) is 23.0. The van der Waals surface area contributed by atoms with Gasteiger partial charge in [0.1, 0.15) is 11.4 Å². The zero-order valence-electron chi connectivity index (χ0n) is 22.2. The highest BCUT2D eigenvalue weighted by Gasteiger charge is 2.19. The standard InChI is InChI=1S/C29H29N5O5S/c1-29(2,3)39-28(36)33-25-10-5-4-9-24(25)32-27(35)14-11-20-15-16-34(19-20)40(37,38)23-8-6-7-21(17-23)22-12-13-26(30)31-18-22/h4-19H,1-3H3,(H2,30,31)(H,32,35)(H,33,36)/b14-11+. The minimum Gasteiger partial charge on any atom is -0.444 e. The zero-order chi connectivity index (χ0) is 28.9. The van der Waals surface area contributed by atoms with Crippen LogP contribution in [-0.4, -0.2) is 35.0 Å². The number of amides is 2. The Labute approximate surface area is 232 Å². The number of pyridine rings is 1. The van der Waals surface area contributed by atoms with Gasteiger partial charge >= 0.3 is 6.09 Å². The third-order valence-electron chi connectivity index (χ3n) is 5.47. The molecular weight excluding hydrogens is 530 g/mol. The van der Waals surface area contributed by atoms with Gasteiger partial charge in [-0.2, -0.15) is 0 Å². The second-order valence-electron chi connectivity index (χ2n) is 9.77. The third-order valence-corrected chi connectivity index (χ3v) is 7.10. The van der Waals surface area contributed by atoms with E-state index in [-0.39, 0.29) is 4.90 Å². The van der Waals surface area contributed by atoms with Crippen LogP contribution >= 0.6 is 0 Å². The molecule has 2 aromatic carbocycles. The van der Waals surface area contributed by atoms with Crippen molar-refractivity contribution < 1.29 is 22.7 Å². The lowest BCUT2D eigenvalue weighted by atomic mass is 10.1. The molecule has 4 rings (SSSR count). The number of ether oxygens (including phenoxy) is 1. The molecular formula is C29H29N5O5S. The molecule has 0 fully saturated rings. The van der Waals surface area contributed by atoms with Gasteiger partial charge in [-0.3, -0.25) is 10.1 Å². The van der Waals surface area contributed by atoms with Gasteiger partial charge in [0.25, 0.3) is 10.0 Å². The predicted molar refractivity (Wildman–Crippen MR) is 155 cm³/mol. The van der Waals surface area contributed by atoms with Gasteiger partial charge in [0.15, 0.2) is 0 Å². The van der Waals surface area contributed by atoms with E-state index in [2.05, 4.69) is 15.6 Å². The number of nitrogen functional groups attached to an aromatic ring is 1. The molecule has 0 saturated heterocycles. The predicted octanol–water partition coefficient (Wildman–Crippen LogP) is 5.37. The van der Waals surface area contributed by atoms with Crippen LogP contribution in [0.1, 0.15) is 26.3 Å². The summed E-state index contributed by atoms with van der Waals surface area (Å²) < 4.78 is 32.9. The van der Waals surface area contributed by atoms with Crippen LogP contribution in [0.4, 0.5) is 22.0 Å². The van der Waals surface area contributed by atoms with Crippen LogP contribution in [0.5, 0.6) is 0 Å². The Bertz CT molecular complexity index is 1670. The van der Waals surface area contributed by atoms with E-state index in [1.807, 2.05) is 0 Å². The van der Waals surface area contributed by atoms with E-state index in [1.54, 1.807) is 87.6 Å². The van der Waals surface area contributed by atoms with Gasteiger partial charge < -0.3 is 15.8 Å². The smallest absolute Gasteiger partial charge is 0.412 e. The van der Waals surface area contributed by atoms with E-state index in [0.29, 0.717) is 28.3 Å². The van der Waals surface area contributed by atoms with E-state index in [1.165, 1.54) is 30.6 Å². The lowest BCUT2D eigenvalue weighted by Crippen LogP contribution is -2.27. The summed E-state index contributed by atoms with van der Waals surface area (Å²) in [6.45, 7) is 5.25. The summed E-state index contributed by atoms with van der Waals surface area (Å²) in [5, 5.41) is 5.32. The lowest BCUT2D eigenvalue weighted by Gasteiger charge is -2.20. The number of carbonyl (C=O) groups excluding carboxylic acids is 2. The maximum atomic E-state index is 13.3. The molecule has 0 saturated carbocycles. The van der Waals surface area contributed by atoms with E-state index < -0.39 is 27.6 Å². The number of rotatable bonds is 7. The summed E-state index contributed by atoms with van der Waals surface area (Å²) >= 11 is 0. The molecule has 0 atom stereocenters.